The number of nitrogens with one attached hydrogen (secondary N) is 1. The van der Waals surface area contributed by atoms with Crippen molar-refractivity contribution < 1.29 is 0 Å². The SMILES string of the molecule is CC(C)NCCCCN(C)C(C)c1ccccc1Cl. The monoisotopic (exact) mass is 282 g/mol. The molecule has 0 aromatic heterocycles. The summed E-state index contributed by atoms with van der Waals surface area (Å²) in [4.78, 5) is 2.37. The molecule has 1 atom stereocenters. The van der Waals surface area contributed by atoms with Gasteiger partial charge in [-0.2, -0.15) is 0 Å². The molecule has 0 amide bonds. The lowest BCUT2D eigenvalue weighted by Gasteiger charge is -2.25. The fourth-order valence-electron chi connectivity index (χ4n) is 2.12. The van der Waals surface area contributed by atoms with Gasteiger partial charge >= 0.3 is 0 Å². The fraction of sp³-hybridized carbons (Fsp3) is 0.625. The van der Waals surface area contributed by atoms with Crippen molar-refractivity contribution in [2.45, 2.75) is 45.7 Å². The quantitative estimate of drug-likeness (QED) is 0.722. The van der Waals surface area contributed by atoms with Crippen LogP contribution in [0.5, 0.6) is 0 Å². The maximum atomic E-state index is 6.25. The largest absolute Gasteiger partial charge is 0.315 e. The molecule has 2 nitrogen and oxygen atoms in total. The number of benzene rings is 1. The van der Waals surface area contributed by atoms with Gasteiger partial charge < -0.3 is 5.32 Å². The van der Waals surface area contributed by atoms with Gasteiger partial charge in [0.2, 0.25) is 0 Å². The van der Waals surface area contributed by atoms with E-state index in [9.17, 15) is 0 Å². The first-order chi connectivity index (χ1) is 9.02. The second kappa shape index (κ2) is 8.57. The normalized spacial score (nSPS) is 13.2. The van der Waals surface area contributed by atoms with Crippen molar-refractivity contribution in [2.75, 3.05) is 20.1 Å². The number of hydrogen-bond donors (Lipinski definition) is 1. The van der Waals surface area contributed by atoms with E-state index in [0.29, 0.717) is 12.1 Å². The second-order valence-electron chi connectivity index (χ2n) is 5.49. The summed E-state index contributed by atoms with van der Waals surface area (Å²) in [6.45, 7) is 8.79. The van der Waals surface area contributed by atoms with Crippen LogP contribution in [0.15, 0.2) is 24.3 Å². The predicted octanol–water partition coefficient (Wildman–Crippen LogP) is 4.11. The Morgan fingerprint density at radius 2 is 1.84 bits per heavy atom. The molecule has 1 unspecified atom stereocenters. The van der Waals surface area contributed by atoms with Crippen LogP contribution in [0.25, 0.3) is 0 Å². The number of hydrogen-bond acceptors (Lipinski definition) is 2. The lowest BCUT2D eigenvalue weighted by Crippen LogP contribution is -2.26. The Balaban J connectivity index is 2.33. The van der Waals surface area contributed by atoms with Gasteiger partial charge in [-0.25, -0.2) is 0 Å². The van der Waals surface area contributed by atoms with Crippen LogP contribution in [-0.4, -0.2) is 31.1 Å². The van der Waals surface area contributed by atoms with E-state index in [1.165, 1.54) is 18.4 Å². The third kappa shape index (κ3) is 5.94. The van der Waals surface area contributed by atoms with Gasteiger partial charge in [0.15, 0.2) is 0 Å². The number of nitrogens with zero attached hydrogens (tertiary/aromatic N) is 1. The van der Waals surface area contributed by atoms with Gasteiger partial charge in [0.05, 0.1) is 0 Å². The number of halogens is 1. The highest BCUT2D eigenvalue weighted by atomic mass is 35.5. The van der Waals surface area contributed by atoms with Crippen LogP contribution in [0.4, 0.5) is 0 Å². The molecule has 0 aliphatic rings. The smallest absolute Gasteiger partial charge is 0.0453 e. The fourth-order valence-corrected chi connectivity index (χ4v) is 2.42. The summed E-state index contributed by atoms with van der Waals surface area (Å²) in [5, 5.41) is 4.31. The maximum absolute atomic E-state index is 6.25. The van der Waals surface area contributed by atoms with E-state index in [2.05, 4.69) is 50.2 Å². The molecule has 1 N–H and O–H groups in total. The van der Waals surface area contributed by atoms with E-state index < -0.39 is 0 Å². The lowest BCUT2D eigenvalue weighted by atomic mass is 10.1. The van der Waals surface area contributed by atoms with Gasteiger partial charge in [0.25, 0.3) is 0 Å². The van der Waals surface area contributed by atoms with Crippen molar-refractivity contribution in [3.8, 4) is 0 Å². The Bertz CT molecular complexity index is 366. The summed E-state index contributed by atoms with van der Waals surface area (Å²) in [6, 6.07) is 9.07. The first-order valence-corrected chi connectivity index (χ1v) is 7.58. The summed E-state index contributed by atoms with van der Waals surface area (Å²) in [6.07, 6.45) is 2.43. The number of rotatable bonds is 8. The van der Waals surface area contributed by atoms with Crippen LogP contribution in [0, 0.1) is 0 Å². The van der Waals surface area contributed by atoms with Crippen LogP contribution in [0.2, 0.25) is 5.02 Å². The van der Waals surface area contributed by atoms with Crippen molar-refractivity contribution in [2.24, 2.45) is 0 Å². The molecule has 0 bridgehead atoms. The molecule has 3 heteroatoms. The Hall–Kier alpha value is -0.570. The van der Waals surface area contributed by atoms with Crippen molar-refractivity contribution in [1.29, 1.82) is 0 Å². The minimum Gasteiger partial charge on any atom is -0.315 e. The van der Waals surface area contributed by atoms with Crippen molar-refractivity contribution in [3.05, 3.63) is 34.9 Å². The van der Waals surface area contributed by atoms with Crippen molar-refractivity contribution in [1.82, 2.24) is 10.2 Å². The summed E-state index contributed by atoms with van der Waals surface area (Å²) < 4.78 is 0. The summed E-state index contributed by atoms with van der Waals surface area (Å²) in [5.74, 6) is 0. The molecule has 19 heavy (non-hydrogen) atoms. The molecular weight excluding hydrogens is 256 g/mol. The first-order valence-electron chi connectivity index (χ1n) is 7.20. The predicted molar refractivity (Wildman–Crippen MR) is 84.9 cm³/mol. The summed E-state index contributed by atoms with van der Waals surface area (Å²) >= 11 is 6.25. The van der Waals surface area contributed by atoms with Crippen LogP contribution < -0.4 is 5.32 Å². The standard InChI is InChI=1S/C16H27ClN2/c1-13(2)18-11-7-8-12-19(4)14(3)15-9-5-6-10-16(15)17/h5-6,9-10,13-14,18H,7-8,11-12H2,1-4H3. The van der Waals surface area contributed by atoms with Crippen molar-refractivity contribution >= 4 is 11.6 Å². The molecule has 108 valence electrons. The Morgan fingerprint density at radius 3 is 2.47 bits per heavy atom. The van der Waals surface area contributed by atoms with Gasteiger partial charge in [-0.05, 0) is 51.5 Å². The molecule has 1 aromatic rings. The molecule has 0 fully saturated rings. The molecule has 0 aliphatic carbocycles. The first kappa shape index (κ1) is 16.5. The molecule has 0 saturated heterocycles. The average Bonchev–Trinajstić information content (AvgIpc) is 2.37. The van der Waals surface area contributed by atoms with Gasteiger partial charge in [-0.3, -0.25) is 4.90 Å². The van der Waals surface area contributed by atoms with Gasteiger partial charge in [-0.15, -0.1) is 0 Å². The summed E-state index contributed by atoms with van der Waals surface area (Å²) in [7, 11) is 2.17. The lowest BCUT2D eigenvalue weighted by molar-refractivity contribution is 0.255. The minimum atomic E-state index is 0.367. The van der Waals surface area contributed by atoms with Crippen LogP contribution >= 0.6 is 11.6 Å². The summed E-state index contributed by atoms with van der Waals surface area (Å²) in [5.41, 5.74) is 1.21. The van der Waals surface area contributed by atoms with E-state index in [4.69, 9.17) is 11.6 Å². The van der Waals surface area contributed by atoms with Crippen molar-refractivity contribution in [3.63, 3.8) is 0 Å². The van der Waals surface area contributed by atoms with E-state index in [0.717, 1.165) is 18.1 Å². The van der Waals surface area contributed by atoms with Crippen LogP contribution in [0.1, 0.15) is 45.2 Å². The molecule has 0 heterocycles. The molecule has 0 spiro atoms. The molecule has 0 saturated carbocycles. The number of unbranched alkanes of at least 4 members (excludes halogenated alkanes) is 1. The molecular formula is C16H27ClN2. The van der Waals surface area contributed by atoms with Crippen LogP contribution in [-0.2, 0) is 0 Å². The third-order valence-electron chi connectivity index (χ3n) is 3.51. The zero-order chi connectivity index (χ0) is 14.3. The highest BCUT2D eigenvalue weighted by Gasteiger charge is 2.13. The molecule has 0 aliphatic heterocycles. The minimum absolute atomic E-state index is 0.367. The Morgan fingerprint density at radius 1 is 1.16 bits per heavy atom. The van der Waals surface area contributed by atoms with E-state index in [1.54, 1.807) is 0 Å². The van der Waals surface area contributed by atoms with E-state index >= 15 is 0 Å². The molecule has 1 rings (SSSR count). The van der Waals surface area contributed by atoms with Gasteiger partial charge in [0, 0.05) is 17.1 Å². The Kier molecular flexibility index (Phi) is 7.44. The maximum Gasteiger partial charge on any atom is 0.0453 e. The topological polar surface area (TPSA) is 15.3 Å². The highest BCUT2D eigenvalue weighted by molar-refractivity contribution is 6.31. The second-order valence-corrected chi connectivity index (χ2v) is 5.90. The molecule has 0 radical (unpaired) electrons. The molecule has 1 aromatic carbocycles. The average molecular weight is 283 g/mol. The van der Waals surface area contributed by atoms with Gasteiger partial charge in [-0.1, -0.05) is 43.6 Å². The zero-order valence-corrected chi connectivity index (χ0v) is 13.4. The van der Waals surface area contributed by atoms with Crippen LogP contribution in [0.3, 0.4) is 0 Å². The van der Waals surface area contributed by atoms with E-state index in [-0.39, 0.29) is 0 Å². The van der Waals surface area contributed by atoms with E-state index in [1.807, 2.05) is 12.1 Å². The zero-order valence-electron chi connectivity index (χ0n) is 12.6. The highest BCUT2D eigenvalue weighted by Crippen LogP contribution is 2.26. The Labute approximate surface area is 123 Å². The third-order valence-corrected chi connectivity index (χ3v) is 3.85. The van der Waals surface area contributed by atoms with Gasteiger partial charge in [0.1, 0.15) is 0 Å².